The normalized spacial score (nSPS) is 13.8. The third-order valence-corrected chi connectivity index (χ3v) is 2.30. The van der Waals surface area contributed by atoms with Crippen LogP contribution in [0.15, 0.2) is 18.2 Å². The average molecular weight is 226 g/mol. The first-order valence-corrected chi connectivity index (χ1v) is 4.90. The molecule has 1 amide bonds. The van der Waals surface area contributed by atoms with Gasteiger partial charge in [-0.25, -0.2) is 0 Å². The molecule has 0 saturated carbocycles. The second-order valence-electron chi connectivity index (χ2n) is 3.08. The van der Waals surface area contributed by atoms with E-state index in [9.17, 15) is 9.59 Å². The van der Waals surface area contributed by atoms with Gasteiger partial charge in [-0.05, 0) is 12.1 Å². The molecule has 78 valence electrons. The summed E-state index contributed by atoms with van der Waals surface area (Å²) < 4.78 is 5.20. The molecule has 4 nitrogen and oxygen atoms in total. The van der Waals surface area contributed by atoms with Crippen LogP contribution in [0.4, 0.5) is 5.69 Å². The Hall–Kier alpha value is -1.55. The molecule has 1 aromatic rings. The Morgan fingerprint density at radius 2 is 2.33 bits per heavy atom. The van der Waals surface area contributed by atoms with Crippen LogP contribution in [-0.2, 0) is 4.79 Å². The number of carbonyl (C=O) groups is 2. The van der Waals surface area contributed by atoms with Crippen LogP contribution in [0.2, 0.25) is 0 Å². The number of rotatable bonds is 2. The number of alkyl halides is 1. The molecule has 0 saturated heterocycles. The summed E-state index contributed by atoms with van der Waals surface area (Å²) in [7, 11) is 0. The third kappa shape index (κ3) is 1.80. The lowest BCUT2D eigenvalue weighted by atomic mass is 10.1. The van der Waals surface area contributed by atoms with E-state index in [1.807, 2.05) is 0 Å². The SMILES string of the molecule is O=C1COc2c(cccc2C(=O)CCl)N1. The van der Waals surface area contributed by atoms with Crippen LogP contribution in [0, 0.1) is 0 Å². The number of Topliss-reactive ketones (excluding diaryl/α,β-unsaturated/α-hetero) is 1. The van der Waals surface area contributed by atoms with E-state index in [1.165, 1.54) is 0 Å². The Morgan fingerprint density at radius 3 is 3.07 bits per heavy atom. The van der Waals surface area contributed by atoms with Crippen LogP contribution in [-0.4, -0.2) is 24.2 Å². The van der Waals surface area contributed by atoms with E-state index in [-0.39, 0.29) is 24.2 Å². The van der Waals surface area contributed by atoms with Gasteiger partial charge in [-0.3, -0.25) is 9.59 Å². The molecule has 0 unspecified atom stereocenters. The molecule has 1 N–H and O–H groups in total. The number of nitrogens with one attached hydrogen (secondary N) is 1. The molecule has 5 heteroatoms. The Kier molecular flexibility index (Phi) is 2.60. The largest absolute Gasteiger partial charge is 0.481 e. The summed E-state index contributed by atoms with van der Waals surface area (Å²) in [4.78, 5) is 22.5. The number of halogens is 1. The van der Waals surface area contributed by atoms with Crippen molar-refractivity contribution in [1.29, 1.82) is 0 Å². The summed E-state index contributed by atoms with van der Waals surface area (Å²) in [5.74, 6) is -0.140. The summed E-state index contributed by atoms with van der Waals surface area (Å²) in [6, 6.07) is 4.98. The molecule has 0 bridgehead atoms. The predicted octanol–water partition coefficient (Wildman–Crippen LogP) is 1.44. The zero-order valence-electron chi connectivity index (χ0n) is 7.75. The molecule has 0 aromatic heterocycles. The average Bonchev–Trinajstić information content (AvgIpc) is 2.26. The molecule has 1 heterocycles. The van der Waals surface area contributed by atoms with Crippen molar-refractivity contribution in [2.45, 2.75) is 0 Å². The van der Waals surface area contributed by atoms with Gasteiger partial charge in [-0.1, -0.05) is 6.07 Å². The minimum Gasteiger partial charge on any atom is -0.481 e. The van der Waals surface area contributed by atoms with E-state index >= 15 is 0 Å². The van der Waals surface area contributed by atoms with Crippen LogP contribution < -0.4 is 10.1 Å². The van der Waals surface area contributed by atoms with Crippen LogP contribution in [0.25, 0.3) is 0 Å². The number of hydrogen-bond acceptors (Lipinski definition) is 3. The van der Waals surface area contributed by atoms with E-state index in [4.69, 9.17) is 16.3 Å². The Balaban J connectivity index is 2.46. The summed E-state index contributed by atoms with van der Waals surface area (Å²) in [5, 5.41) is 2.62. The maximum Gasteiger partial charge on any atom is 0.262 e. The summed E-state index contributed by atoms with van der Waals surface area (Å²) in [6.45, 7) is -0.0699. The molecule has 1 aliphatic heterocycles. The standard InChI is InChI=1S/C10H8ClNO3/c11-4-8(13)6-2-1-3-7-10(6)15-5-9(14)12-7/h1-3H,4-5H2,(H,12,14). The fourth-order valence-electron chi connectivity index (χ4n) is 1.41. The van der Waals surface area contributed by atoms with Crippen molar-refractivity contribution in [3.8, 4) is 5.75 Å². The van der Waals surface area contributed by atoms with Gasteiger partial charge >= 0.3 is 0 Å². The Labute approximate surface area is 91.2 Å². The highest BCUT2D eigenvalue weighted by Crippen LogP contribution is 2.31. The third-order valence-electron chi connectivity index (χ3n) is 2.06. The van der Waals surface area contributed by atoms with Crippen molar-refractivity contribution in [2.75, 3.05) is 17.8 Å². The number of ether oxygens (including phenoxy) is 1. The lowest BCUT2D eigenvalue weighted by Crippen LogP contribution is -2.26. The molecular weight excluding hydrogens is 218 g/mol. The smallest absolute Gasteiger partial charge is 0.262 e. The quantitative estimate of drug-likeness (QED) is 0.612. The molecule has 0 spiro atoms. The number of anilines is 1. The Morgan fingerprint density at radius 1 is 1.53 bits per heavy atom. The molecule has 0 atom stereocenters. The summed E-state index contributed by atoms with van der Waals surface area (Å²) in [5.41, 5.74) is 0.921. The maximum absolute atomic E-state index is 11.4. The van der Waals surface area contributed by atoms with Gasteiger partial charge in [0.1, 0.15) is 0 Å². The number of amides is 1. The molecular formula is C10H8ClNO3. The van der Waals surface area contributed by atoms with Crippen molar-refractivity contribution in [3.05, 3.63) is 23.8 Å². The van der Waals surface area contributed by atoms with Gasteiger partial charge in [0.15, 0.2) is 18.1 Å². The molecule has 1 aliphatic rings. The predicted molar refractivity (Wildman–Crippen MR) is 55.6 cm³/mol. The van der Waals surface area contributed by atoms with Crippen molar-refractivity contribution < 1.29 is 14.3 Å². The van der Waals surface area contributed by atoms with Crippen LogP contribution in [0.1, 0.15) is 10.4 Å². The zero-order valence-corrected chi connectivity index (χ0v) is 8.50. The molecule has 2 rings (SSSR count). The van der Waals surface area contributed by atoms with E-state index in [2.05, 4.69) is 5.32 Å². The monoisotopic (exact) mass is 225 g/mol. The summed E-state index contributed by atoms with van der Waals surface area (Å²) >= 11 is 5.47. The first kappa shape index (κ1) is 9.98. The van der Waals surface area contributed by atoms with Crippen molar-refractivity contribution in [3.63, 3.8) is 0 Å². The minimum atomic E-state index is -0.224. The summed E-state index contributed by atoms with van der Waals surface area (Å²) in [6.07, 6.45) is 0. The number of para-hydroxylation sites is 1. The van der Waals surface area contributed by atoms with Crippen LogP contribution in [0.3, 0.4) is 0 Å². The lowest BCUT2D eigenvalue weighted by molar-refractivity contribution is -0.118. The number of ketones is 1. The lowest BCUT2D eigenvalue weighted by Gasteiger charge is -2.19. The van der Waals surface area contributed by atoms with Gasteiger partial charge in [0.05, 0.1) is 17.1 Å². The second-order valence-corrected chi connectivity index (χ2v) is 3.34. The topological polar surface area (TPSA) is 55.4 Å². The van der Waals surface area contributed by atoms with Gasteiger partial charge in [-0.2, -0.15) is 0 Å². The first-order valence-electron chi connectivity index (χ1n) is 4.37. The van der Waals surface area contributed by atoms with Crippen molar-refractivity contribution in [2.24, 2.45) is 0 Å². The van der Waals surface area contributed by atoms with Gasteiger partial charge in [-0.15, -0.1) is 11.6 Å². The van der Waals surface area contributed by atoms with Gasteiger partial charge < -0.3 is 10.1 Å². The van der Waals surface area contributed by atoms with Crippen molar-refractivity contribution in [1.82, 2.24) is 0 Å². The molecule has 1 aromatic carbocycles. The van der Waals surface area contributed by atoms with Crippen LogP contribution in [0.5, 0.6) is 5.75 Å². The number of hydrogen-bond donors (Lipinski definition) is 1. The second kappa shape index (κ2) is 3.90. The fourth-order valence-corrected chi connectivity index (χ4v) is 1.55. The number of carbonyl (C=O) groups excluding carboxylic acids is 2. The zero-order chi connectivity index (χ0) is 10.8. The van der Waals surface area contributed by atoms with Gasteiger partial charge in [0, 0.05) is 0 Å². The highest BCUT2D eigenvalue weighted by Gasteiger charge is 2.21. The van der Waals surface area contributed by atoms with E-state index < -0.39 is 0 Å². The van der Waals surface area contributed by atoms with E-state index in [0.717, 1.165) is 0 Å². The van der Waals surface area contributed by atoms with Gasteiger partial charge in [0.2, 0.25) is 0 Å². The van der Waals surface area contributed by atoms with Gasteiger partial charge in [0.25, 0.3) is 5.91 Å². The number of fused-ring (bicyclic) bond motifs is 1. The molecule has 0 fully saturated rings. The minimum absolute atomic E-state index is 0.0699. The maximum atomic E-state index is 11.4. The fraction of sp³-hybridized carbons (Fsp3) is 0.200. The highest BCUT2D eigenvalue weighted by atomic mass is 35.5. The van der Waals surface area contributed by atoms with E-state index in [0.29, 0.717) is 17.0 Å². The Bertz CT molecular complexity index is 431. The highest BCUT2D eigenvalue weighted by molar-refractivity contribution is 6.31. The first-order chi connectivity index (χ1) is 7.22. The van der Waals surface area contributed by atoms with Crippen molar-refractivity contribution >= 4 is 29.0 Å². The molecule has 0 aliphatic carbocycles. The molecule has 15 heavy (non-hydrogen) atoms. The number of benzene rings is 1. The van der Waals surface area contributed by atoms with E-state index in [1.54, 1.807) is 18.2 Å². The van der Waals surface area contributed by atoms with Crippen LogP contribution >= 0.6 is 11.6 Å². The molecule has 0 radical (unpaired) electrons.